The molecule has 0 radical (unpaired) electrons. The van der Waals surface area contributed by atoms with E-state index in [-0.39, 0.29) is 17.3 Å². The van der Waals surface area contributed by atoms with Crippen LogP contribution in [0.15, 0.2) is 51.7 Å². The maximum atomic E-state index is 13.0. The number of fused-ring (bicyclic) bond motifs is 2. The Morgan fingerprint density at radius 1 is 1.03 bits per heavy atom. The minimum Gasteiger partial charge on any atom is -0.486 e. The van der Waals surface area contributed by atoms with Gasteiger partial charge in [-0.2, -0.15) is 0 Å². The van der Waals surface area contributed by atoms with Crippen molar-refractivity contribution >= 4 is 22.7 Å². The van der Waals surface area contributed by atoms with Gasteiger partial charge in [-0.15, -0.1) is 0 Å². The number of hydrogen-bond donors (Lipinski definition) is 0. The molecule has 0 atom stereocenters. The summed E-state index contributed by atoms with van der Waals surface area (Å²) in [6.07, 6.45) is 1.38. The van der Waals surface area contributed by atoms with Crippen molar-refractivity contribution in [1.29, 1.82) is 0 Å². The molecule has 0 N–H and O–H groups in total. The summed E-state index contributed by atoms with van der Waals surface area (Å²) in [6, 6.07) is 12.6. The highest BCUT2D eigenvalue weighted by molar-refractivity contribution is 6.02. The summed E-state index contributed by atoms with van der Waals surface area (Å²) in [5, 5.41) is 0.711. The fourth-order valence-electron chi connectivity index (χ4n) is 4.79. The molecule has 0 bridgehead atoms. The van der Waals surface area contributed by atoms with Gasteiger partial charge in [-0.1, -0.05) is 24.3 Å². The average Bonchev–Trinajstić information content (AvgIpc) is 2.72. The summed E-state index contributed by atoms with van der Waals surface area (Å²) in [7, 11) is 0. The standard InChI is InChI=1S/C25H23NO5/c1-15-11-16(2)22-19(27)14-25(31-21(22)12-15)7-9-26(10-8-25)23(28)18-13-17-5-3-4-6-20(17)30-24(18)29/h3-6,11-13H,7-10,14H2,1-2H3. The van der Waals surface area contributed by atoms with Gasteiger partial charge in [0.05, 0.1) is 12.0 Å². The van der Waals surface area contributed by atoms with E-state index in [1.54, 1.807) is 23.1 Å². The molecule has 31 heavy (non-hydrogen) atoms. The Labute approximate surface area is 179 Å². The summed E-state index contributed by atoms with van der Waals surface area (Å²) in [4.78, 5) is 40.0. The average molecular weight is 417 g/mol. The molecule has 6 nitrogen and oxygen atoms in total. The second-order valence-electron chi connectivity index (χ2n) is 8.62. The minimum atomic E-state index is -0.632. The Bertz CT molecular complexity index is 1280. The Morgan fingerprint density at radius 2 is 1.77 bits per heavy atom. The molecule has 0 unspecified atom stereocenters. The number of nitrogens with zero attached hydrogens (tertiary/aromatic N) is 1. The number of aryl methyl sites for hydroxylation is 2. The van der Waals surface area contributed by atoms with E-state index in [1.807, 2.05) is 38.1 Å². The molecular formula is C25H23NO5. The van der Waals surface area contributed by atoms with Crippen molar-refractivity contribution < 1.29 is 18.7 Å². The van der Waals surface area contributed by atoms with E-state index in [1.165, 1.54) is 0 Å². The van der Waals surface area contributed by atoms with Gasteiger partial charge in [0.2, 0.25) is 0 Å². The van der Waals surface area contributed by atoms with E-state index < -0.39 is 11.2 Å². The second kappa shape index (κ2) is 7.08. The minimum absolute atomic E-state index is 0.0342. The summed E-state index contributed by atoms with van der Waals surface area (Å²) in [5.41, 5.74) is 1.92. The number of carbonyl (C=O) groups is 2. The number of Topliss-reactive ketones (excluding diaryl/α,β-unsaturated/α-hetero) is 1. The van der Waals surface area contributed by atoms with E-state index in [9.17, 15) is 14.4 Å². The summed E-state index contributed by atoms with van der Waals surface area (Å²) in [6.45, 7) is 4.75. The molecule has 2 aromatic carbocycles. The van der Waals surface area contributed by atoms with Crippen LogP contribution in [0, 0.1) is 13.8 Å². The Hall–Kier alpha value is -3.41. The number of hydrogen-bond acceptors (Lipinski definition) is 5. The SMILES string of the molecule is Cc1cc(C)c2c(c1)OC1(CCN(C(=O)c3cc4ccccc4oc3=O)CC1)CC2=O. The van der Waals surface area contributed by atoms with E-state index in [4.69, 9.17) is 9.15 Å². The van der Waals surface area contributed by atoms with Crippen LogP contribution < -0.4 is 10.4 Å². The van der Waals surface area contributed by atoms with Gasteiger partial charge in [-0.05, 0) is 43.2 Å². The fourth-order valence-corrected chi connectivity index (χ4v) is 4.79. The van der Waals surface area contributed by atoms with Gasteiger partial charge in [0, 0.05) is 31.3 Å². The molecule has 6 heteroatoms. The number of ether oxygens (including phenoxy) is 1. The lowest BCUT2D eigenvalue weighted by Crippen LogP contribution is -2.52. The number of para-hydroxylation sites is 1. The largest absolute Gasteiger partial charge is 0.486 e. The molecule has 1 amide bonds. The number of piperidine rings is 1. The quantitative estimate of drug-likeness (QED) is 0.558. The van der Waals surface area contributed by atoms with Crippen molar-refractivity contribution in [1.82, 2.24) is 4.90 Å². The summed E-state index contributed by atoms with van der Waals surface area (Å²) in [5.74, 6) is 0.390. The van der Waals surface area contributed by atoms with Crippen LogP contribution >= 0.6 is 0 Å². The maximum Gasteiger partial charge on any atom is 0.349 e. The van der Waals surface area contributed by atoms with Crippen molar-refractivity contribution in [2.24, 2.45) is 0 Å². The van der Waals surface area contributed by atoms with Gasteiger partial charge in [0.15, 0.2) is 5.78 Å². The zero-order chi connectivity index (χ0) is 21.8. The van der Waals surface area contributed by atoms with Gasteiger partial charge in [-0.3, -0.25) is 9.59 Å². The van der Waals surface area contributed by atoms with E-state index in [0.29, 0.717) is 54.6 Å². The highest BCUT2D eigenvalue weighted by atomic mass is 16.5. The molecule has 2 aliphatic heterocycles. The number of benzene rings is 2. The predicted molar refractivity (Wildman–Crippen MR) is 116 cm³/mol. The lowest BCUT2D eigenvalue weighted by atomic mass is 9.81. The van der Waals surface area contributed by atoms with Crippen LogP contribution in [0.5, 0.6) is 5.75 Å². The van der Waals surface area contributed by atoms with Gasteiger partial charge in [-0.25, -0.2) is 4.79 Å². The van der Waals surface area contributed by atoms with Crippen molar-refractivity contribution in [3.63, 3.8) is 0 Å². The first kappa shape index (κ1) is 19.5. The maximum absolute atomic E-state index is 13.0. The van der Waals surface area contributed by atoms with E-state index in [0.717, 1.165) is 11.1 Å². The van der Waals surface area contributed by atoms with Crippen LogP contribution in [0.2, 0.25) is 0 Å². The van der Waals surface area contributed by atoms with Gasteiger partial charge in [0.25, 0.3) is 5.91 Å². The first-order chi connectivity index (χ1) is 14.8. The van der Waals surface area contributed by atoms with Crippen LogP contribution in [-0.2, 0) is 0 Å². The van der Waals surface area contributed by atoms with Gasteiger partial charge < -0.3 is 14.1 Å². The number of amides is 1. The fraction of sp³-hybridized carbons (Fsp3) is 0.320. The Morgan fingerprint density at radius 3 is 2.55 bits per heavy atom. The van der Waals surface area contributed by atoms with Gasteiger partial charge >= 0.3 is 5.63 Å². The molecule has 3 heterocycles. The summed E-state index contributed by atoms with van der Waals surface area (Å²) >= 11 is 0. The molecule has 1 fully saturated rings. The Balaban J connectivity index is 1.37. The number of rotatable bonds is 1. The van der Waals surface area contributed by atoms with Crippen molar-refractivity contribution in [2.75, 3.05) is 13.1 Å². The third-order valence-electron chi connectivity index (χ3n) is 6.37. The number of ketones is 1. The van der Waals surface area contributed by atoms with Crippen molar-refractivity contribution in [3.8, 4) is 5.75 Å². The second-order valence-corrected chi connectivity index (χ2v) is 8.62. The Kier molecular flexibility index (Phi) is 4.46. The topological polar surface area (TPSA) is 76.8 Å². The highest BCUT2D eigenvalue weighted by Crippen LogP contribution is 2.41. The monoisotopic (exact) mass is 417 g/mol. The van der Waals surface area contributed by atoms with Crippen LogP contribution in [0.1, 0.15) is 51.1 Å². The van der Waals surface area contributed by atoms with Crippen molar-refractivity contribution in [2.45, 2.75) is 38.7 Å². The van der Waals surface area contributed by atoms with Crippen LogP contribution in [0.25, 0.3) is 11.0 Å². The smallest absolute Gasteiger partial charge is 0.349 e. The van der Waals surface area contributed by atoms with Crippen LogP contribution in [-0.4, -0.2) is 35.3 Å². The molecule has 3 aromatic rings. The number of carbonyl (C=O) groups excluding carboxylic acids is 2. The molecule has 0 aliphatic carbocycles. The zero-order valence-electron chi connectivity index (χ0n) is 17.6. The highest BCUT2D eigenvalue weighted by Gasteiger charge is 2.44. The summed E-state index contributed by atoms with van der Waals surface area (Å²) < 4.78 is 11.7. The first-order valence-corrected chi connectivity index (χ1v) is 10.5. The number of likely N-dealkylation sites (tertiary alicyclic amines) is 1. The van der Waals surface area contributed by atoms with E-state index in [2.05, 4.69) is 0 Å². The molecular weight excluding hydrogens is 394 g/mol. The zero-order valence-corrected chi connectivity index (χ0v) is 17.6. The molecule has 5 rings (SSSR count). The molecule has 1 aromatic heterocycles. The predicted octanol–water partition coefficient (Wildman–Crippen LogP) is 4.05. The van der Waals surface area contributed by atoms with Gasteiger partial charge in [0.1, 0.15) is 22.5 Å². The normalized spacial score (nSPS) is 17.5. The molecule has 158 valence electrons. The van der Waals surface area contributed by atoms with Crippen LogP contribution in [0.3, 0.4) is 0 Å². The third kappa shape index (κ3) is 3.32. The van der Waals surface area contributed by atoms with E-state index >= 15 is 0 Å². The lowest BCUT2D eigenvalue weighted by Gasteiger charge is -2.44. The molecule has 0 saturated carbocycles. The third-order valence-corrected chi connectivity index (χ3v) is 6.37. The lowest BCUT2D eigenvalue weighted by molar-refractivity contribution is -0.00588. The molecule has 2 aliphatic rings. The van der Waals surface area contributed by atoms with Crippen molar-refractivity contribution in [3.05, 3.63) is 75.1 Å². The first-order valence-electron chi connectivity index (χ1n) is 10.5. The molecule has 1 spiro atoms. The van der Waals surface area contributed by atoms with Crippen LogP contribution in [0.4, 0.5) is 0 Å². The molecule has 1 saturated heterocycles.